The smallest absolute Gasteiger partial charge is 0.396 e. The molecular formula is C13H23F3N2O2. The van der Waals surface area contributed by atoms with E-state index in [1.807, 2.05) is 6.92 Å². The van der Waals surface area contributed by atoms with Crippen molar-refractivity contribution in [3.63, 3.8) is 0 Å². The second-order valence-electron chi connectivity index (χ2n) is 5.36. The maximum Gasteiger partial charge on any atom is 0.401 e. The van der Waals surface area contributed by atoms with E-state index in [0.717, 1.165) is 6.42 Å². The van der Waals surface area contributed by atoms with Gasteiger partial charge in [0, 0.05) is 32.2 Å². The molecular weight excluding hydrogens is 273 g/mol. The molecule has 2 unspecified atom stereocenters. The Bertz CT molecular complexity index is 310. The van der Waals surface area contributed by atoms with E-state index < -0.39 is 12.7 Å². The van der Waals surface area contributed by atoms with Gasteiger partial charge in [-0.3, -0.25) is 4.79 Å². The molecule has 4 nitrogen and oxygen atoms in total. The first kappa shape index (κ1) is 17.2. The number of rotatable bonds is 6. The highest BCUT2D eigenvalue weighted by molar-refractivity contribution is 5.76. The number of carbonyl (C=O) groups is 1. The summed E-state index contributed by atoms with van der Waals surface area (Å²) < 4.78 is 36.7. The Hall–Kier alpha value is -0.820. The van der Waals surface area contributed by atoms with Gasteiger partial charge in [0.1, 0.15) is 0 Å². The third kappa shape index (κ3) is 6.09. The minimum atomic E-state index is -4.25. The van der Waals surface area contributed by atoms with E-state index in [4.69, 9.17) is 5.11 Å². The fourth-order valence-corrected chi connectivity index (χ4v) is 2.58. The van der Waals surface area contributed by atoms with Gasteiger partial charge in [-0.15, -0.1) is 0 Å². The molecule has 0 aromatic rings. The molecule has 118 valence electrons. The molecule has 0 aliphatic carbocycles. The van der Waals surface area contributed by atoms with E-state index in [9.17, 15) is 18.0 Å². The van der Waals surface area contributed by atoms with Crippen molar-refractivity contribution in [3.05, 3.63) is 0 Å². The van der Waals surface area contributed by atoms with Crippen molar-refractivity contribution in [1.82, 2.24) is 10.2 Å². The molecule has 2 atom stereocenters. The van der Waals surface area contributed by atoms with Crippen LogP contribution in [0.4, 0.5) is 13.2 Å². The van der Waals surface area contributed by atoms with Gasteiger partial charge in [0.25, 0.3) is 0 Å². The minimum Gasteiger partial charge on any atom is -0.396 e. The van der Waals surface area contributed by atoms with Gasteiger partial charge in [-0.1, -0.05) is 6.92 Å². The summed E-state index contributed by atoms with van der Waals surface area (Å²) in [7, 11) is 0. The highest BCUT2D eigenvalue weighted by atomic mass is 19.4. The van der Waals surface area contributed by atoms with Gasteiger partial charge in [0.05, 0.1) is 6.54 Å². The number of carbonyl (C=O) groups excluding carboxylic acids is 1. The number of aliphatic hydroxyl groups excluding tert-OH is 1. The molecule has 1 heterocycles. The Kier molecular flexibility index (Phi) is 6.75. The second-order valence-corrected chi connectivity index (χ2v) is 5.36. The number of likely N-dealkylation sites (tertiary alicyclic amines) is 1. The highest BCUT2D eigenvalue weighted by Gasteiger charge is 2.33. The summed E-state index contributed by atoms with van der Waals surface area (Å²) in [4.78, 5) is 13.5. The topological polar surface area (TPSA) is 52.6 Å². The summed E-state index contributed by atoms with van der Waals surface area (Å²) in [5, 5.41) is 11.5. The van der Waals surface area contributed by atoms with Crippen LogP contribution in [-0.4, -0.2) is 54.4 Å². The van der Waals surface area contributed by atoms with Crippen LogP contribution < -0.4 is 5.32 Å². The fourth-order valence-electron chi connectivity index (χ4n) is 2.58. The average Bonchev–Trinajstić information content (AvgIpc) is 2.36. The van der Waals surface area contributed by atoms with E-state index in [1.54, 1.807) is 4.90 Å². The lowest BCUT2D eigenvalue weighted by molar-refractivity contribution is -0.135. The zero-order valence-electron chi connectivity index (χ0n) is 11.7. The summed E-state index contributed by atoms with van der Waals surface area (Å²) in [5.41, 5.74) is 0. The predicted molar refractivity (Wildman–Crippen MR) is 69.1 cm³/mol. The standard InChI is InChI=1S/C13H23F3N2O2/c1-2-3-12(20)18-7-10(4-5-19)6-11(8-18)17-9-13(14,15)16/h10-11,17,19H,2-9H2,1H3. The fraction of sp³-hybridized carbons (Fsp3) is 0.923. The predicted octanol–water partition coefficient (Wildman–Crippen LogP) is 1.54. The summed E-state index contributed by atoms with van der Waals surface area (Å²) >= 11 is 0. The van der Waals surface area contributed by atoms with Crippen LogP contribution in [-0.2, 0) is 4.79 Å². The van der Waals surface area contributed by atoms with Gasteiger partial charge in [0.15, 0.2) is 0 Å². The molecule has 0 aromatic heterocycles. The highest BCUT2D eigenvalue weighted by Crippen LogP contribution is 2.22. The maximum atomic E-state index is 12.2. The largest absolute Gasteiger partial charge is 0.401 e. The molecule has 1 fully saturated rings. The number of alkyl halides is 3. The molecule has 1 amide bonds. The Morgan fingerprint density at radius 2 is 2.10 bits per heavy atom. The summed E-state index contributed by atoms with van der Waals surface area (Å²) in [6.07, 6.45) is -2.03. The molecule has 1 aliphatic heterocycles. The molecule has 20 heavy (non-hydrogen) atoms. The van der Waals surface area contributed by atoms with Crippen LogP contribution in [0.5, 0.6) is 0 Å². The Balaban J connectivity index is 2.58. The Morgan fingerprint density at radius 3 is 2.65 bits per heavy atom. The summed E-state index contributed by atoms with van der Waals surface area (Å²) in [6, 6.07) is -0.359. The van der Waals surface area contributed by atoms with Crippen molar-refractivity contribution < 1.29 is 23.1 Å². The SMILES string of the molecule is CCCC(=O)N1CC(CCO)CC(NCC(F)(F)F)C1. The van der Waals surface area contributed by atoms with Gasteiger partial charge in [-0.05, 0) is 25.2 Å². The molecule has 0 saturated carbocycles. The van der Waals surface area contributed by atoms with Crippen LogP contribution >= 0.6 is 0 Å². The van der Waals surface area contributed by atoms with Gasteiger partial charge < -0.3 is 15.3 Å². The van der Waals surface area contributed by atoms with Crippen LogP contribution in [0.3, 0.4) is 0 Å². The van der Waals surface area contributed by atoms with E-state index in [-0.39, 0.29) is 24.5 Å². The number of aliphatic hydroxyl groups is 1. The molecule has 1 saturated heterocycles. The number of halogens is 3. The molecule has 0 spiro atoms. The van der Waals surface area contributed by atoms with Gasteiger partial charge >= 0.3 is 6.18 Å². The third-order valence-electron chi connectivity index (χ3n) is 3.48. The first-order valence-corrected chi connectivity index (χ1v) is 7.04. The molecule has 0 bridgehead atoms. The monoisotopic (exact) mass is 296 g/mol. The number of piperidine rings is 1. The minimum absolute atomic E-state index is 0.00747. The van der Waals surface area contributed by atoms with E-state index in [2.05, 4.69) is 5.32 Å². The van der Waals surface area contributed by atoms with Crippen molar-refractivity contribution in [1.29, 1.82) is 0 Å². The summed E-state index contributed by atoms with van der Waals surface area (Å²) in [6.45, 7) is 1.69. The van der Waals surface area contributed by atoms with Crippen LogP contribution in [0.2, 0.25) is 0 Å². The number of nitrogens with one attached hydrogen (secondary N) is 1. The normalized spacial score (nSPS) is 23.9. The molecule has 7 heteroatoms. The van der Waals surface area contributed by atoms with Crippen LogP contribution in [0.25, 0.3) is 0 Å². The van der Waals surface area contributed by atoms with Crippen molar-refractivity contribution in [2.75, 3.05) is 26.2 Å². The van der Waals surface area contributed by atoms with Crippen LogP contribution in [0, 0.1) is 5.92 Å². The van der Waals surface area contributed by atoms with Crippen molar-refractivity contribution in [2.45, 2.75) is 44.8 Å². The van der Waals surface area contributed by atoms with E-state index >= 15 is 0 Å². The van der Waals surface area contributed by atoms with Crippen LogP contribution in [0.1, 0.15) is 32.6 Å². The quantitative estimate of drug-likeness (QED) is 0.782. The third-order valence-corrected chi connectivity index (χ3v) is 3.48. The Labute approximate surface area is 117 Å². The number of hydrogen-bond donors (Lipinski definition) is 2. The zero-order chi connectivity index (χ0) is 15.2. The van der Waals surface area contributed by atoms with Crippen LogP contribution in [0.15, 0.2) is 0 Å². The van der Waals surface area contributed by atoms with E-state index in [0.29, 0.717) is 32.4 Å². The zero-order valence-corrected chi connectivity index (χ0v) is 11.7. The Morgan fingerprint density at radius 1 is 1.40 bits per heavy atom. The lowest BCUT2D eigenvalue weighted by Gasteiger charge is -2.38. The van der Waals surface area contributed by atoms with Gasteiger partial charge in [-0.2, -0.15) is 13.2 Å². The number of nitrogens with zero attached hydrogens (tertiary/aromatic N) is 1. The van der Waals surface area contributed by atoms with Gasteiger partial charge in [0.2, 0.25) is 5.91 Å². The maximum absolute atomic E-state index is 12.2. The lowest BCUT2D eigenvalue weighted by atomic mass is 9.91. The second kappa shape index (κ2) is 7.83. The number of amides is 1. The van der Waals surface area contributed by atoms with Gasteiger partial charge in [-0.25, -0.2) is 0 Å². The van der Waals surface area contributed by atoms with E-state index in [1.165, 1.54) is 0 Å². The molecule has 1 aliphatic rings. The lowest BCUT2D eigenvalue weighted by Crippen LogP contribution is -2.52. The first-order valence-electron chi connectivity index (χ1n) is 7.04. The van der Waals surface area contributed by atoms with Crippen molar-refractivity contribution in [3.8, 4) is 0 Å². The molecule has 2 N–H and O–H groups in total. The molecule has 1 rings (SSSR count). The number of hydrogen-bond acceptors (Lipinski definition) is 3. The van der Waals surface area contributed by atoms with Crippen molar-refractivity contribution >= 4 is 5.91 Å². The first-order chi connectivity index (χ1) is 9.35. The molecule has 0 radical (unpaired) electrons. The van der Waals surface area contributed by atoms with Crippen molar-refractivity contribution in [2.24, 2.45) is 5.92 Å². The molecule has 0 aromatic carbocycles. The summed E-state index contributed by atoms with van der Waals surface area (Å²) in [5.74, 6) is 0.0363. The average molecular weight is 296 g/mol.